The summed E-state index contributed by atoms with van der Waals surface area (Å²) in [7, 11) is 0. The third-order valence-electron chi connectivity index (χ3n) is 0.441. The average Bonchev–Trinajstić information content (AvgIpc) is 1.61. The molecule has 0 rings (SSSR count). The van der Waals surface area contributed by atoms with E-state index in [1.54, 1.807) is 6.07 Å². The van der Waals surface area contributed by atoms with Crippen molar-refractivity contribution in [3.8, 4) is 6.07 Å². The number of nitrogens with zero attached hydrogens (tertiary/aromatic N) is 1. The van der Waals surface area contributed by atoms with Crippen LogP contribution in [0.3, 0.4) is 0 Å². The van der Waals surface area contributed by atoms with Crippen molar-refractivity contribution >= 4 is 5.97 Å². The normalized spacial score (nSPS) is 4.64. The van der Waals surface area contributed by atoms with Gasteiger partial charge < -0.3 is 26.3 Å². The molecule has 0 aromatic rings. The number of carbonyl (C=O) groups excluding carboxylic acids is 1. The third kappa shape index (κ3) is 41.0. The van der Waals surface area contributed by atoms with E-state index in [1.165, 1.54) is 0 Å². The van der Waals surface area contributed by atoms with Crippen LogP contribution in [0.4, 0.5) is 0 Å². The van der Waals surface area contributed by atoms with Crippen molar-refractivity contribution in [3.63, 3.8) is 0 Å². The molecule has 0 bridgehead atoms. The Morgan fingerprint density at radius 3 is 1.82 bits per heavy atom. The molecule has 0 aromatic carbocycles. The maximum atomic E-state index is 9.50. The van der Waals surface area contributed by atoms with Crippen molar-refractivity contribution in [1.29, 1.82) is 5.26 Å². The minimum absolute atomic E-state index is 0. The van der Waals surface area contributed by atoms with Gasteiger partial charge in [0.05, 0.1) is 6.07 Å². The smallest absolute Gasteiger partial charge is 0.550 e. The molecule has 0 heterocycles. The van der Waals surface area contributed by atoms with Crippen molar-refractivity contribution in [2.24, 2.45) is 0 Å². The van der Waals surface area contributed by atoms with Gasteiger partial charge in [-0.25, -0.2) is 0 Å². The van der Waals surface area contributed by atoms with Crippen molar-refractivity contribution in [2.45, 2.75) is 12.8 Å². The summed E-state index contributed by atoms with van der Waals surface area (Å²) in [5, 5.41) is 17.3. The van der Waals surface area contributed by atoms with Crippen LogP contribution in [-0.4, -0.2) is 22.4 Å². The summed E-state index contributed by atoms with van der Waals surface area (Å²) in [6.07, 6.45) is -0.112. The molecule has 0 saturated heterocycles. The van der Waals surface area contributed by atoms with Gasteiger partial charge in [-0.15, -0.1) is 0 Å². The monoisotopic (exact) mass is 175 g/mol. The third-order valence-corrected chi connectivity index (χ3v) is 0.441. The number of rotatable bonds is 2. The molecule has 6 nitrogen and oxygen atoms in total. The summed E-state index contributed by atoms with van der Waals surface area (Å²) in [6, 6.07) is 1.68. The summed E-state index contributed by atoms with van der Waals surface area (Å²) < 4.78 is 0. The number of nitriles is 1. The van der Waals surface area contributed by atoms with Crippen molar-refractivity contribution in [3.05, 3.63) is 0 Å². The summed E-state index contributed by atoms with van der Waals surface area (Å²) in [6.45, 7) is 0. The molecule has 0 aliphatic rings. The molecule has 6 N–H and O–H groups in total. The van der Waals surface area contributed by atoms with E-state index in [9.17, 15) is 9.90 Å². The van der Waals surface area contributed by atoms with Gasteiger partial charge in [0.15, 0.2) is 0 Å². The maximum absolute atomic E-state index is 9.50. The fourth-order valence-electron chi connectivity index (χ4n) is 0.158. The van der Waals surface area contributed by atoms with Crippen LogP contribution in [0.5, 0.6) is 0 Å². The van der Waals surface area contributed by atoms with Crippen LogP contribution in [0, 0.1) is 11.3 Å². The first-order valence-corrected chi connectivity index (χ1v) is 1.84. The Hall–Kier alpha value is -0.160. The van der Waals surface area contributed by atoms with Crippen molar-refractivity contribution < 1.29 is 55.9 Å². The first kappa shape index (κ1) is 30.8. The Morgan fingerprint density at radius 2 is 1.73 bits per heavy atom. The number of carboxylic acid groups (broad SMARTS) is 1. The Bertz CT molecular complexity index is 112. The van der Waals surface area contributed by atoms with Gasteiger partial charge in [-0.1, -0.05) is 0 Å². The molecule has 0 saturated carbocycles. The van der Waals surface area contributed by atoms with Crippen LogP contribution in [0.15, 0.2) is 0 Å². The van der Waals surface area contributed by atoms with Gasteiger partial charge in [0.2, 0.25) is 0 Å². The van der Waals surface area contributed by atoms with Crippen molar-refractivity contribution in [1.82, 2.24) is 0 Å². The molecule has 7 heteroatoms. The van der Waals surface area contributed by atoms with E-state index in [2.05, 4.69) is 0 Å². The molecule has 0 spiro atoms. The first-order valence-electron chi connectivity index (χ1n) is 1.84. The van der Waals surface area contributed by atoms with Crippen LogP contribution in [0.1, 0.15) is 12.8 Å². The zero-order valence-corrected chi connectivity index (χ0v) is 8.18. The number of hydrogen-bond donors (Lipinski definition) is 0. The standard InChI is InChI=1S/C4H5NO2.Na.3H2O/c5-3-1-2-4(6)7;;;;/h1-2H2,(H,6,7);;3*1H2/q;+1;;;/p-1. The largest absolute Gasteiger partial charge is 1.00 e. The minimum atomic E-state index is -1.17. The molecule has 0 aromatic heterocycles. The average molecular weight is 175 g/mol. The Kier molecular flexibility index (Phi) is 63.1. The Balaban J connectivity index is -0.0000000300. The predicted molar refractivity (Wildman–Crippen MR) is 30.7 cm³/mol. The van der Waals surface area contributed by atoms with Gasteiger partial charge in [0.25, 0.3) is 0 Å². The summed E-state index contributed by atoms with van der Waals surface area (Å²) in [5.41, 5.74) is 0. The summed E-state index contributed by atoms with van der Waals surface area (Å²) in [5.74, 6) is -1.17. The van der Waals surface area contributed by atoms with Crippen LogP contribution < -0.4 is 34.7 Å². The van der Waals surface area contributed by atoms with Gasteiger partial charge in [0, 0.05) is 12.4 Å². The number of aliphatic carboxylic acids is 1. The number of carbonyl (C=O) groups is 1. The second kappa shape index (κ2) is 22.5. The molecule has 0 aliphatic carbocycles. The van der Waals surface area contributed by atoms with Crippen LogP contribution in [0.2, 0.25) is 0 Å². The molecule has 0 fully saturated rings. The van der Waals surface area contributed by atoms with E-state index in [0.29, 0.717) is 0 Å². The molecule has 0 unspecified atom stereocenters. The topological polar surface area (TPSA) is 158 Å². The predicted octanol–water partition coefficient (Wildman–Crippen LogP) is -6.43. The van der Waals surface area contributed by atoms with E-state index in [-0.39, 0.29) is 58.8 Å². The molecule has 0 amide bonds. The van der Waals surface area contributed by atoms with Gasteiger partial charge in [-0.05, 0) is 6.42 Å². The fourth-order valence-corrected chi connectivity index (χ4v) is 0.158. The van der Waals surface area contributed by atoms with E-state index in [0.717, 1.165) is 0 Å². The molecule has 0 radical (unpaired) electrons. The zero-order valence-electron chi connectivity index (χ0n) is 6.18. The minimum Gasteiger partial charge on any atom is -0.550 e. The van der Waals surface area contributed by atoms with Crippen LogP contribution >= 0.6 is 0 Å². The SMILES string of the molecule is N#CCCC(=O)[O-].O.O.O.[Na+]. The zero-order chi connectivity index (χ0) is 5.70. The number of carboxylic acids is 1. The van der Waals surface area contributed by atoms with Gasteiger partial charge in [-0.3, -0.25) is 0 Å². The molecule has 0 atom stereocenters. The Morgan fingerprint density at radius 1 is 1.36 bits per heavy atom. The molecule has 62 valence electrons. The van der Waals surface area contributed by atoms with E-state index < -0.39 is 5.97 Å². The van der Waals surface area contributed by atoms with Crippen molar-refractivity contribution in [2.75, 3.05) is 0 Å². The Labute approximate surface area is 86.0 Å². The van der Waals surface area contributed by atoms with Gasteiger partial charge in [-0.2, -0.15) is 5.26 Å². The van der Waals surface area contributed by atoms with E-state index >= 15 is 0 Å². The fraction of sp³-hybridized carbons (Fsp3) is 0.500. The first-order chi connectivity index (χ1) is 3.27. The molecule has 11 heavy (non-hydrogen) atoms. The molecule has 0 aliphatic heterocycles. The second-order valence-corrected chi connectivity index (χ2v) is 1.03. The molecular formula is C4H10NNaO5. The van der Waals surface area contributed by atoms with Crippen LogP contribution in [-0.2, 0) is 4.79 Å². The second-order valence-electron chi connectivity index (χ2n) is 1.03. The summed E-state index contributed by atoms with van der Waals surface area (Å²) in [4.78, 5) is 9.50. The van der Waals surface area contributed by atoms with E-state index in [1.807, 2.05) is 0 Å². The quantitative estimate of drug-likeness (QED) is 0.382. The van der Waals surface area contributed by atoms with Gasteiger partial charge >= 0.3 is 29.6 Å². The van der Waals surface area contributed by atoms with E-state index in [4.69, 9.17) is 5.26 Å². The van der Waals surface area contributed by atoms with Crippen LogP contribution in [0.25, 0.3) is 0 Å². The van der Waals surface area contributed by atoms with Gasteiger partial charge in [0.1, 0.15) is 0 Å². The summed E-state index contributed by atoms with van der Waals surface area (Å²) >= 11 is 0. The number of hydrogen-bond acceptors (Lipinski definition) is 3. The molecular weight excluding hydrogens is 165 g/mol. The maximum Gasteiger partial charge on any atom is 1.00 e.